The number of hydrogen-bond acceptors (Lipinski definition) is 1. The molecule has 3 aliphatic rings. The summed E-state index contributed by atoms with van der Waals surface area (Å²) in [5.41, 5.74) is 0. The average Bonchev–Trinajstić information content (AvgIpc) is 2.91. The Morgan fingerprint density at radius 1 is 1.24 bits per heavy atom. The van der Waals surface area contributed by atoms with Gasteiger partial charge in [0.15, 0.2) is 5.11 Å². The Morgan fingerprint density at radius 2 is 2.00 bits per heavy atom. The van der Waals surface area contributed by atoms with Crippen molar-refractivity contribution < 1.29 is 0 Å². The van der Waals surface area contributed by atoms with Gasteiger partial charge in [0.05, 0.1) is 0 Å². The first-order valence-corrected chi connectivity index (χ1v) is 7.37. The van der Waals surface area contributed by atoms with Crippen LogP contribution >= 0.6 is 12.2 Å². The highest BCUT2D eigenvalue weighted by Crippen LogP contribution is 2.39. The van der Waals surface area contributed by atoms with Crippen molar-refractivity contribution in [2.24, 2.45) is 17.8 Å². The zero-order chi connectivity index (χ0) is 11.8. The summed E-state index contributed by atoms with van der Waals surface area (Å²) in [6.45, 7) is 4.63. The molecule has 1 saturated heterocycles. The highest BCUT2D eigenvalue weighted by molar-refractivity contribution is 7.80. The van der Waals surface area contributed by atoms with Crippen LogP contribution in [0.3, 0.4) is 0 Å². The van der Waals surface area contributed by atoms with Gasteiger partial charge in [-0.15, -0.1) is 0 Å². The first-order chi connectivity index (χ1) is 8.22. The van der Waals surface area contributed by atoms with Crippen molar-refractivity contribution in [3.63, 3.8) is 0 Å². The van der Waals surface area contributed by atoms with Crippen LogP contribution in [-0.2, 0) is 0 Å². The number of thiocarbonyl (C=S) groups is 1. The van der Waals surface area contributed by atoms with Gasteiger partial charge in [0.2, 0.25) is 0 Å². The van der Waals surface area contributed by atoms with Crippen LogP contribution in [-0.4, -0.2) is 29.1 Å². The van der Waals surface area contributed by atoms with Crippen molar-refractivity contribution in [1.29, 1.82) is 0 Å². The van der Waals surface area contributed by atoms with E-state index >= 15 is 0 Å². The van der Waals surface area contributed by atoms with Crippen LogP contribution in [0.4, 0.5) is 0 Å². The lowest BCUT2D eigenvalue weighted by atomic mass is 9.99. The Balaban J connectivity index is 1.52. The summed E-state index contributed by atoms with van der Waals surface area (Å²) >= 11 is 5.56. The minimum absolute atomic E-state index is 0.608. The Labute approximate surface area is 109 Å². The minimum atomic E-state index is 0.608. The van der Waals surface area contributed by atoms with E-state index in [1.165, 1.54) is 25.7 Å². The Hall–Kier alpha value is -0.570. The predicted molar refractivity (Wildman–Crippen MR) is 74.8 cm³/mol. The third-order valence-corrected chi connectivity index (χ3v) is 5.03. The standard InChI is InChI=1S/C14H22N2S/c1-10-4-6-16(7-5-10)14(17)15-13-9-11-2-3-12(13)8-11/h2-3,10-13H,4-9H2,1H3,(H,15,17). The molecule has 1 saturated carbocycles. The molecule has 2 fully saturated rings. The molecule has 1 heterocycles. The molecule has 17 heavy (non-hydrogen) atoms. The van der Waals surface area contributed by atoms with E-state index in [2.05, 4.69) is 29.3 Å². The van der Waals surface area contributed by atoms with Crippen LogP contribution in [0.1, 0.15) is 32.6 Å². The molecule has 0 amide bonds. The summed E-state index contributed by atoms with van der Waals surface area (Å²) in [5.74, 6) is 2.43. The maximum atomic E-state index is 5.56. The van der Waals surface area contributed by atoms with Crippen molar-refractivity contribution in [3.05, 3.63) is 12.2 Å². The van der Waals surface area contributed by atoms with Crippen molar-refractivity contribution in [2.45, 2.75) is 38.6 Å². The first kappa shape index (κ1) is 11.5. The van der Waals surface area contributed by atoms with E-state index in [9.17, 15) is 0 Å². The molecule has 1 N–H and O–H groups in total. The monoisotopic (exact) mass is 250 g/mol. The molecule has 3 rings (SSSR count). The molecule has 3 unspecified atom stereocenters. The van der Waals surface area contributed by atoms with E-state index < -0.39 is 0 Å². The van der Waals surface area contributed by atoms with Crippen LogP contribution in [0.5, 0.6) is 0 Å². The number of fused-ring (bicyclic) bond motifs is 2. The van der Waals surface area contributed by atoms with Gasteiger partial charge >= 0.3 is 0 Å². The van der Waals surface area contributed by atoms with Gasteiger partial charge in [0.1, 0.15) is 0 Å². The van der Waals surface area contributed by atoms with Gasteiger partial charge in [0.25, 0.3) is 0 Å². The third-order valence-electron chi connectivity index (χ3n) is 4.66. The number of rotatable bonds is 1. The molecule has 1 aliphatic heterocycles. The fourth-order valence-electron chi connectivity index (χ4n) is 3.41. The van der Waals surface area contributed by atoms with E-state index in [0.717, 1.165) is 36.0 Å². The third kappa shape index (κ3) is 2.35. The molecular formula is C14H22N2S. The lowest BCUT2D eigenvalue weighted by Crippen LogP contribution is -2.48. The van der Waals surface area contributed by atoms with E-state index in [1.54, 1.807) is 0 Å². The highest BCUT2D eigenvalue weighted by atomic mass is 32.1. The van der Waals surface area contributed by atoms with Gasteiger partial charge < -0.3 is 10.2 Å². The van der Waals surface area contributed by atoms with Crippen LogP contribution < -0.4 is 5.32 Å². The van der Waals surface area contributed by atoms with Gasteiger partial charge in [-0.25, -0.2) is 0 Å². The average molecular weight is 250 g/mol. The highest BCUT2D eigenvalue weighted by Gasteiger charge is 2.36. The smallest absolute Gasteiger partial charge is 0.169 e. The van der Waals surface area contributed by atoms with Gasteiger partial charge in [-0.1, -0.05) is 19.1 Å². The predicted octanol–water partition coefficient (Wildman–Crippen LogP) is 2.56. The van der Waals surface area contributed by atoms with Crippen molar-refractivity contribution in [1.82, 2.24) is 10.2 Å². The lowest BCUT2D eigenvalue weighted by molar-refractivity contribution is 0.274. The van der Waals surface area contributed by atoms with E-state index in [1.807, 2.05) is 0 Å². The maximum Gasteiger partial charge on any atom is 0.169 e. The summed E-state index contributed by atoms with van der Waals surface area (Å²) in [6.07, 6.45) is 9.97. The molecule has 0 aromatic rings. The maximum absolute atomic E-state index is 5.56. The number of allylic oxidation sites excluding steroid dienone is 1. The largest absolute Gasteiger partial charge is 0.359 e. The zero-order valence-electron chi connectivity index (χ0n) is 10.6. The zero-order valence-corrected chi connectivity index (χ0v) is 11.4. The van der Waals surface area contributed by atoms with Gasteiger partial charge in [-0.05, 0) is 55.7 Å². The summed E-state index contributed by atoms with van der Waals surface area (Å²) in [7, 11) is 0. The molecule has 0 aromatic carbocycles. The van der Waals surface area contributed by atoms with Crippen LogP contribution in [0.25, 0.3) is 0 Å². The minimum Gasteiger partial charge on any atom is -0.359 e. The molecule has 3 atom stereocenters. The van der Waals surface area contributed by atoms with Gasteiger partial charge in [-0.2, -0.15) is 0 Å². The Kier molecular flexibility index (Phi) is 3.12. The van der Waals surface area contributed by atoms with E-state index in [4.69, 9.17) is 12.2 Å². The molecule has 3 heteroatoms. The molecule has 2 bridgehead atoms. The van der Waals surface area contributed by atoms with Crippen molar-refractivity contribution in [2.75, 3.05) is 13.1 Å². The molecule has 0 radical (unpaired) electrons. The Morgan fingerprint density at radius 3 is 2.59 bits per heavy atom. The number of likely N-dealkylation sites (tertiary alicyclic amines) is 1. The molecule has 2 aliphatic carbocycles. The number of piperidine rings is 1. The van der Waals surface area contributed by atoms with E-state index in [-0.39, 0.29) is 0 Å². The number of nitrogens with one attached hydrogen (secondary N) is 1. The van der Waals surface area contributed by atoms with Gasteiger partial charge in [0, 0.05) is 19.1 Å². The summed E-state index contributed by atoms with van der Waals surface area (Å²) < 4.78 is 0. The summed E-state index contributed by atoms with van der Waals surface area (Å²) in [5, 5.41) is 4.60. The normalized spacial score (nSPS) is 36.5. The summed E-state index contributed by atoms with van der Waals surface area (Å²) in [4.78, 5) is 2.37. The summed E-state index contributed by atoms with van der Waals surface area (Å²) in [6, 6.07) is 0.608. The molecule has 0 spiro atoms. The van der Waals surface area contributed by atoms with Crippen LogP contribution in [0.15, 0.2) is 12.2 Å². The van der Waals surface area contributed by atoms with Crippen LogP contribution in [0.2, 0.25) is 0 Å². The second-order valence-electron chi connectivity index (χ2n) is 6.01. The molecule has 2 nitrogen and oxygen atoms in total. The Bertz CT molecular complexity index is 331. The number of nitrogens with zero attached hydrogens (tertiary/aromatic N) is 1. The fraction of sp³-hybridized carbons (Fsp3) is 0.786. The fourth-order valence-corrected chi connectivity index (χ4v) is 3.74. The van der Waals surface area contributed by atoms with Gasteiger partial charge in [-0.3, -0.25) is 0 Å². The second-order valence-corrected chi connectivity index (χ2v) is 6.39. The van der Waals surface area contributed by atoms with Crippen LogP contribution in [0, 0.1) is 17.8 Å². The quantitative estimate of drug-likeness (QED) is 0.569. The van der Waals surface area contributed by atoms with Crippen molar-refractivity contribution in [3.8, 4) is 0 Å². The molecule has 0 aromatic heterocycles. The lowest BCUT2D eigenvalue weighted by Gasteiger charge is -2.34. The molecule has 94 valence electrons. The number of hydrogen-bond donors (Lipinski definition) is 1. The second kappa shape index (κ2) is 4.60. The van der Waals surface area contributed by atoms with Crippen molar-refractivity contribution >= 4 is 17.3 Å². The first-order valence-electron chi connectivity index (χ1n) is 6.96. The SMILES string of the molecule is CC1CCN(C(=S)NC2CC3C=CC2C3)CC1. The topological polar surface area (TPSA) is 15.3 Å². The molecular weight excluding hydrogens is 228 g/mol. The van der Waals surface area contributed by atoms with E-state index in [0.29, 0.717) is 6.04 Å².